The van der Waals surface area contributed by atoms with Gasteiger partial charge in [-0.3, -0.25) is 0 Å². The third-order valence-electron chi connectivity index (χ3n) is 1.35. The zero-order valence-electron chi connectivity index (χ0n) is 5.52. The van der Waals surface area contributed by atoms with Crippen LogP contribution < -0.4 is 5.32 Å². The van der Waals surface area contributed by atoms with E-state index in [1.807, 2.05) is 0 Å². The van der Waals surface area contributed by atoms with Crippen molar-refractivity contribution in [1.29, 1.82) is 0 Å². The molecular weight excluding hydrogens is 114 g/mol. The summed E-state index contributed by atoms with van der Waals surface area (Å²) in [6, 6.07) is -0.00116. The monoisotopic (exact) mass is 125 g/mol. The normalized spacial score (nSPS) is 28.4. The average molecular weight is 125 g/mol. The zero-order valence-corrected chi connectivity index (χ0v) is 5.52. The molecule has 0 radical (unpaired) electrons. The molecule has 0 aliphatic carbocycles. The van der Waals surface area contributed by atoms with Gasteiger partial charge < -0.3 is 10.4 Å². The SMILES string of the molecule is C[C@H](O)[C@H]1C#CCCN1. The van der Waals surface area contributed by atoms with E-state index in [0.29, 0.717) is 0 Å². The van der Waals surface area contributed by atoms with Gasteiger partial charge in [0.1, 0.15) is 0 Å². The van der Waals surface area contributed by atoms with Crippen molar-refractivity contribution in [2.75, 3.05) is 6.54 Å². The number of rotatable bonds is 1. The van der Waals surface area contributed by atoms with Crippen LogP contribution in [-0.4, -0.2) is 23.8 Å². The van der Waals surface area contributed by atoms with E-state index in [-0.39, 0.29) is 12.1 Å². The van der Waals surface area contributed by atoms with E-state index in [1.165, 1.54) is 0 Å². The molecule has 0 fully saturated rings. The molecule has 0 bridgehead atoms. The Balaban J connectivity index is 2.46. The Morgan fingerprint density at radius 2 is 2.56 bits per heavy atom. The maximum absolute atomic E-state index is 9.01. The largest absolute Gasteiger partial charge is 0.391 e. The summed E-state index contributed by atoms with van der Waals surface area (Å²) in [6.45, 7) is 2.65. The zero-order chi connectivity index (χ0) is 6.69. The fraction of sp³-hybridized carbons (Fsp3) is 0.714. The van der Waals surface area contributed by atoms with Crippen molar-refractivity contribution < 1.29 is 5.11 Å². The Kier molecular flexibility index (Phi) is 2.10. The molecule has 0 aromatic carbocycles. The Labute approximate surface area is 55.3 Å². The summed E-state index contributed by atoms with van der Waals surface area (Å²) >= 11 is 0. The minimum atomic E-state index is -0.349. The van der Waals surface area contributed by atoms with Gasteiger partial charge in [0.2, 0.25) is 0 Å². The average Bonchev–Trinajstić information content (AvgIpc) is 1.90. The lowest BCUT2D eigenvalue weighted by atomic mass is 10.1. The van der Waals surface area contributed by atoms with Crippen LogP contribution in [-0.2, 0) is 0 Å². The van der Waals surface area contributed by atoms with Crippen molar-refractivity contribution in [3.8, 4) is 11.8 Å². The molecule has 1 heterocycles. The smallest absolute Gasteiger partial charge is 0.0950 e. The van der Waals surface area contributed by atoms with E-state index in [2.05, 4.69) is 17.2 Å². The van der Waals surface area contributed by atoms with Crippen LogP contribution >= 0.6 is 0 Å². The first-order valence-corrected chi connectivity index (χ1v) is 3.20. The summed E-state index contributed by atoms with van der Waals surface area (Å²) < 4.78 is 0. The van der Waals surface area contributed by atoms with Gasteiger partial charge in [-0.1, -0.05) is 5.92 Å². The molecule has 0 aromatic heterocycles. The number of hydrogen-bond donors (Lipinski definition) is 2. The predicted octanol–water partition coefficient (Wildman–Crippen LogP) is -0.268. The molecule has 1 aliphatic rings. The molecule has 1 aliphatic heterocycles. The Bertz CT molecular complexity index is 143. The quantitative estimate of drug-likeness (QED) is 0.473. The third-order valence-corrected chi connectivity index (χ3v) is 1.35. The lowest BCUT2D eigenvalue weighted by Crippen LogP contribution is -2.39. The molecule has 2 atom stereocenters. The van der Waals surface area contributed by atoms with E-state index in [9.17, 15) is 0 Å². The Hall–Kier alpha value is -0.520. The Morgan fingerprint density at radius 1 is 1.78 bits per heavy atom. The van der Waals surface area contributed by atoms with Crippen LogP contribution in [0.2, 0.25) is 0 Å². The van der Waals surface area contributed by atoms with Crippen LogP contribution in [0.15, 0.2) is 0 Å². The second kappa shape index (κ2) is 2.86. The second-order valence-electron chi connectivity index (χ2n) is 2.24. The summed E-state index contributed by atoms with van der Waals surface area (Å²) in [5, 5.41) is 12.1. The lowest BCUT2D eigenvalue weighted by Gasteiger charge is -2.17. The number of aliphatic hydroxyl groups excluding tert-OH is 1. The highest BCUT2D eigenvalue weighted by atomic mass is 16.3. The maximum Gasteiger partial charge on any atom is 0.0950 e. The molecule has 2 nitrogen and oxygen atoms in total. The van der Waals surface area contributed by atoms with Gasteiger partial charge in [-0.2, -0.15) is 0 Å². The highest BCUT2D eigenvalue weighted by Gasteiger charge is 2.11. The molecule has 9 heavy (non-hydrogen) atoms. The van der Waals surface area contributed by atoms with Crippen LogP contribution in [0.5, 0.6) is 0 Å². The predicted molar refractivity (Wildman–Crippen MR) is 35.9 cm³/mol. The number of nitrogens with one attached hydrogen (secondary N) is 1. The molecule has 2 N–H and O–H groups in total. The van der Waals surface area contributed by atoms with E-state index < -0.39 is 0 Å². The van der Waals surface area contributed by atoms with Gasteiger partial charge in [-0.05, 0) is 6.92 Å². The summed E-state index contributed by atoms with van der Waals surface area (Å²) in [7, 11) is 0. The fourth-order valence-corrected chi connectivity index (χ4v) is 0.814. The topological polar surface area (TPSA) is 32.3 Å². The first kappa shape index (κ1) is 6.60. The van der Waals surface area contributed by atoms with E-state index in [1.54, 1.807) is 6.92 Å². The molecule has 0 unspecified atom stereocenters. The summed E-state index contributed by atoms with van der Waals surface area (Å²) in [4.78, 5) is 0. The standard InChI is InChI=1S/C7H11NO/c1-6(9)7-4-2-3-5-8-7/h6-9H,3,5H2,1H3/t6-,7+/m0/s1. The second-order valence-corrected chi connectivity index (χ2v) is 2.24. The Morgan fingerprint density at radius 3 is 2.89 bits per heavy atom. The highest BCUT2D eigenvalue weighted by Crippen LogP contribution is 1.94. The van der Waals surface area contributed by atoms with Gasteiger partial charge in [0.25, 0.3) is 0 Å². The summed E-state index contributed by atoms with van der Waals surface area (Å²) in [5.74, 6) is 5.85. The summed E-state index contributed by atoms with van der Waals surface area (Å²) in [6.07, 6.45) is 0.557. The van der Waals surface area contributed by atoms with E-state index in [4.69, 9.17) is 5.11 Å². The molecular formula is C7H11NO. The molecule has 0 amide bonds. The molecule has 0 saturated heterocycles. The van der Waals surface area contributed by atoms with Crippen molar-refractivity contribution in [2.45, 2.75) is 25.5 Å². The number of aliphatic hydroxyl groups is 1. The van der Waals surface area contributed by atoms with Gasteiger partial charge >= 0.3 is 0 Å². The van der Waals surface area contributed by atoms with Gasteiger partial charge in [-0.25, -0.2) is 0 Å². The van der Waals surface area contributed by atoms with Crippen molar-refractivity contribution in [3.63, 3.8) is 0 Å². The minimum absolute atomic E-state index is 0.00116. The molecule has 0 aromatic rings. The third kappa shape index (κ3) is 1.70. The van der Waals surface area contributed by atoms with Crippen LogP contribution in [0.4, 0.5) is 0 Å². The maximum atomic E-state index is 9.01. The van der Waals surface area contributed by atoms with Crippen LogP contribution in [0.25, 0.3) is 0 Å². The van der Waals surface area contributed by atoms with Gasteiger partial charge in [0, 0.05) is 13.0 Å². The number of hydrogen-bond acceptors (Lipinski definition) is 2. The van der Waals surface area contributed by atoms with Crippen molar-refractivity contribution >= 4 is 0 Å². The van der Waals surface area contributed by atoms with E-state index in [0.717, 1.165) is 13.0 Å². The van der Waals surface area contributed by atoms with Crippen molar-refractivity contribution in [1.82, 2.24) is 5.32 Å². The lowest BCUT2D eigenvalue weighted by molar-refractivity contribution is 0.167. The summed E-state index contributed by atoms with van der Waals surface area (Å²) in [5.41, 5.74) is 0. The van der Waals surface area contributed by atoms with Crippen molar-refractivity contribution in [3.05, 3.63) is 0 Å². The van der Waals surface area contributed by atoms with Gasteiger partial charge in [-0.15, -0.1) is 5.92 Å². The molecule has 2 heteroatoms. The molecule has 1 rings (SSSR count). The van der Waals surface area contributed by atoms with Crippen molar-refractivity contribution in [2.24, 2.45) is 0 Å². The van der Waals surface area contributed by atoms with E-state index >= 15 is 0 Å². The first-order chi connectivity index (χ1) is 4.30. The van der Waals surface area contributed by atoms with Crippen LogP contribution in [0.3, 0.4) is 0 Å². The molecule has 0 spiro atoms. The first-order valence-electron chi connectivity index (χ1n) is 3.20. The van der Waals surface area contributed by atoms with Crippen LogP contribution in [0.1, 0.15) is 13.3 Å². The molecule has 0 saturated carbocycles. The van der Waals surface area contributed by atoms with Gasteiger partial charge in [0.15, 0.2) is 0 Å². The molecule has 50 valence electrons. The highest BCUT2D eigenvalue weighted by molar-refractivity contribution is 5.12. The minimum Gasteiger partial charge on any atom is -0.391 e. The van der Waals surface area contributed by atoms with Crippen LogP contribution in [0, 0.1) is 11.8 Å². The fourth-order valence-electron chi connectivity index (χ4n) is 0.814. The van der Waals surface area contributed by atoms with Gasteiger partial charge in [0.05, 0.1) is 12.1 Å².